The number of benzene rings is 21. The maximum Gasteiger partial charge on any atom is -0.00139 e. The minimum atomic E-state index is 0. The molecule has 0 bridgehead atoms. The third-order valence-electron chi connectivity index (χ3n) is 20.7. The van der Waals surface area contributed by atoms with E-state index >= 15 is 0 Å². The molecule has 0 aliphatic rings. The van der Waals surface area contributed by atoms with Crippen molar-refractivity contribution >= 4 is 140 Å². The maximum atomic E-state index is 2.44. The summed E-state index contributed by atoms with van der Waals surface area (Å²) in [5, 5.41) is 33.8. The van der Waals surface area contributed by atoms with Gasteiger partial charge < -0.3 is 0 Å². The molecular formula is C95H60. The summed E-state index contributed by atoms with van der Waals surface area (Å²) in [5.41, 5.74) is 15.2. The molecule has 0 aliphatic heterocycles. The fraction of sp³-hybridized carbons (Fsp3) is 0.0105. The van der Waals surface area contributed by atoms with Crippen molar-refractivity contribution in [3.05, 3.63) is 340 Å². The van der Waals surface area contributed by atoms with E-state index in [-0.39, 0.29) is 7.43 Å². The molecule has 21 rings (SSSR count). The molecule has 440 valence electrons. The zero-order chi connectivity index (χ0) is 61.5. The summed E-state index contributed by atoms with van der Waals surface area (Å²) in [5.74, 6) is 0. The number of hydrogen-bond acceptors (Lipinski definition) is 0. The van der Waals surface area contributed by atoms with Crippen molar-refractivity contribution in [1.82, 2.24) is 0 Å². The smallest absolute Gasteiger partial charge is 0.00139 e. The van der Waals surface area contributed by atoms with Gasteiger partial charge in [-0.05, 0) is 225 Å². The molecule has 0 spiro atoms. The Morgan fingerprint density at radius 3 is 0.600 bits per heavy atom. The lowest BCUT2D eigenvalue weighted by molar-refractivity contribution is 1.62. The lowest BCUT2D eigenvalue weighted by Crippen LogP contribution is -1.94. The summed E-state index contributed by atoms with van der Waals surface area (Å²) in [6.07, 6.45) is 0. The zero-order valence-electron chi connectivity index (χ0n) is 51.3. The molecule has 0 N–H and O–H groups in total. The maximum absolute atomic E-state index is 2.44. The third-order valence-corrected chi connectivity index (χ3v) is 20.7. The van der Waals surface area contributed by atoms with Crippen molar-refractivity contribution in [2.75, 3.05) is 0 Å². The van der Waals surface area contributed by atoms with Crippen LogP contribution in [-0.4, -0.2) is 0 Å². The van der Waals surface area contributed by atoms with Crippen LogP contribution < -0.4 is 0 Å². The summed E-state index contributed by atoms with van der Waals surface area (Å²) in [7, 11) is 0. The Balaban J connectivity index is 0.000000139. The van der Waals surface area contributed by atoms with Crippen LogP contribution in [0.4, 0.5) is 0 Å². The number of hydrogen-bond donors (Lipinski definition) is 0. The van der Waals surface area contributed by atoms with Gasteiger partial charge in [0, 0.05) is 0 Å². The summed E-state index contributed by atoms with van der Waals surface area (Å²) < 4.78 is 0. The highest BCUT2D eigenvalue weighted by Crippen LogP contribution is 2.51. The van der Waals surface area contributed by atoms with Crippen LogP contribution in [-0.2, 0) is 0 Å². The van der Waals surface area contributed by atoms with Crippen molar-refractivity contribution in [3.8, 4) is 66.8 Å². The monoisotopic (exact) mass is 1200 g/mol. The van der Waals surface area contributed by atoms with Gasteiger partial charge in [-0.2, -0.15) is 0 Å². The Kier molecular flexibility index (Phi) is 12.3. The molecule has 95 heavy (non-hydrogen) atoms. The zero-order valence-corrected chi connectivity index (χ0v) is 51.3. The van der Waals surface area contributed by atoms with Crippen molar-refractivity contribution in [2.45, 2.75) is 7.43 Å². The van der Waals surface area contributed by atoms with Gasteiger partial charge in [0.25, 0.3) is 0 Å². The molecule has 0 saturated heterocycles. The topological polar surface area (TPSA) is 0 Å². The van der Waals surface area contributed by atoms with E-state index in [2.05, 4.69) is 340 Å². The van der Waals surface area contributed by atoms with E-state index < -0.39 is 0 Å². The van der Waals surface area contributed by atoms with Crippen LogP contribution in [0.2, 0.25) is 0 Å². The quantitative estimate of drug-likeness (QED) is 0.115. The highest BCUT2D eigenvalue weighted by Gasteiger charge is 2.24. The average Bonchev–Trinajstić information content (AvgIpc) is 0.721. The van der Waals surface area contributed by atoms with Gasteiger partial charge in [0.1, 0.15) is 0 Å². The van der Waals surface area contributed by atoms with E-state index in [1.807, 2.05) is 0 Å². The molecule has 0 unspecified atom stereocenters. The Morgan fingerprint density at radius 1 is 0.126 bits per heavy atom. The van der Waals surface area contributed by atoms with E-state index in [0.717, 1.165) is 0 Å². The van der Waals surface area contributed by atoms with Crippen molar-refractivity contribution < 1.29 is 0 Å². The molecular weight excluding hydrogens is 1140 g/mol. The van der Waals surface area contributed by atoms with Crippen LogP contribution in [0.25, 0.3) is 207 Å². The van der Waals surface area contributed by atoms with Crippen molar-refractivity contribution in [1.29, 1.82) is 0 Å². The van der Waals surface area contributed by atoms with E-state index in [4.69, 9.17) is 0 Å². The van der Waals surface area contributed by atoms with E-state index in [9.17, 15) is 0 Å². The van der Waals surface area contributed by atoms with Gasteiger partial charge in [-0.3, -0.25) is 0 Å². The first-order chi connectivity index (χ1) is 46.6. The average molecular weight is 1200 g/mol. The minimum Gasteiger partial charge on any atom is -0.0776 e. The van der Waals surface area contributed by atoms with Gasteiger partial charge in [0.2, 0.25) is 0 Å². The molecule has 0 aromatic heterocycles. The molecule has 0 atom stereocenters. The molecule has 0 saturated carbocycles. The van der Waals surface area contributed by atoms with Gasteiger partial charge in [0.15, 0.2) is 0 Å². The first kappa shape index (κ1) is 54.5. The normalized spacial score (nSPS) is 11.9. The Morgan fingerprint density at radius 2 is 0.337 bits per heavy atom. The molecule has 0 amide bonds. The van der Waals surface area contributed by atoms with Gasteiger partial charge in [-0.1, -0.05) is 329 Å². The predicted molar refractivity (Wildman–Crippen MR) is 413 cm³/mol. The molecule has 0 heteroatoms. The second-order valence-electron chi connectivity index (χ2n) is 25.6. The summed E-state index contributed by atoms with van der Waals surface area (Å²) in [6.45, 7) is 0. The molecule has 0 fully saturated rings. The molecule has 21 aromatic rings. The summed E-state index contributed by atoms with van der Waals surface area (Å²) in [6, 6.07) is 126. The first-order valence-electron chi connectivity index (χ1n) is 32.8. The molecule has 0 nitrogen and oxygen atoms in total. The standard InChI is InChI=1S/C54H30.C40H26.CH4/c1-4-31-10-13-37-16-22-43(46-25-19-34(7-1)49(31)52(37)46)40-28-41(44-23-17-38-14-11-32-5-2-8-35-20-26-47(44)53(38)50(32)35)30-42(29-40)45-24-18-39-15-12-33-6-3-9-36-21-27-48(45)54(39)51(33)36;1-3-15-27(16-4-1)37-29-19-7-11-23-33(29)39(34-24-12-8-20-30(34)37)40-35-25-13-9-21-31(35)38(28-17-5-2-6-18-28)32-22-10-14-26-36(32)40;/h1-30H;1-26H;1H4. The largest absolute Gasteiger partial charge is 0.0776 e. The van der Waals surface area contributed by atoms with Gasteiger partial charge in [-0.15, -0.1) is 0 Å². The summed E-state index contributed by atoms with van der Waals surface area (Å²) in [4.78, 5) is 0. The van der Waals surface area contributed by atoms with Crippen LogP contribution in [0.5, 0.6) is 0 Å². The third kappa shape index (κ3) is 8.28. The highest BCUT2D eigenvalue weighted by atomic mass is 14.3. The van der Waals surface area contributed by atoms with E-state index in [1.54, 1.807) is 0 Å². The van der Waals surface area contributed by atoms with Crippen molar-refractivity contribution in [3.63, 3.8) is 0 Å². The number of rotatable bonds is 6. The molecule has 0 heterocycles. The molecule has 0 aliphatic carbocycles. The Hall–Kier alpha value is -12.2. The second-order valence-corrected chi connectivity index (χ2v) is 25.6. The van der Waals surface area contributed by atoms with Crippen LogP contribution in [0.3, 0.4) is 0 Å². The van der Waals surface area contributed by atoms with E-state index in [0.29, 0.717) is 0 Å². The lowest BCUT2D eigenvalue weighted by Gasteiger charge is -2.22. The minimum absolute atomic E-state index is 0. The summed E-state index contributed by atoms with van der Waals surface area (Å²) >= 11 is 0. The molecule has 0 radical (unpaired) electrons. The van der Waals surface area contributed by atoms with Gasteiger partial charge >= 0.3 is 0 Å². The van der Waals surface area contributed by atoms with Gasteiger partial charge in [-0.25, -0.2) is 0 Å². The van der Waals surface area contributed by atoms with Crippen molar-refractivity contribution in [2.24, 2.45) is 0 Å². The van der Waals surface area contributed by atoms with Crippen LogP contribution in [0.15, 0.2) is 340 Å². The first-order valence-corrected chi connectivity index (χ1v) is 32.8. The Bertz CT molecular complexity index is 5910. The van der Waals surface area contributed by atoms with Gasteiger partial charge in [0.05, 0.1) is 0 Å². The fourth-order valence-corrected chi connectivity index (χ4v) is 16.7. The lowest BCUT2D eigenvalue weighted by atomic mass is 9.81. The number of fused-ring (bicyclic) bond motifs is 4. The highest BCUT2D eigenvalue weighted by molar-refractivity contribution is 6.32. The van der Waals surface area contributed by atoms with Crippen LogP contribution in [0.1, 0.15) is 7.43 Å². The molecule has 21 aromatic carbocycles. The van der Waals surface area contributed by atoms with E-state index in [1.165, 1.54) is 207 Å². The second kappa shape index (κ2) is 21.4. The predicted octanol–water partition coefficient (Wildman–Crippen LogP) is 27.3. The van der Waals surface area contributed by atoms with Crippen LogP contribution in [0, 0.1) is 0 Å². The Labute approximate surface area is 550 Å². The SMILES string of the molecule is C.c1cc2ccc3ccc(-c4cc(-c5ccc6ccc7cccc8ccc5c6c78)cc(-c5ccc6ccc7cccc8ccc5c6c78)c4)c4ccc(c1)c2c34.c1ccc(-c2c3ccccc3c(-c3c4ccccc4c(-c4ccccc4)c4ccccc34)c3ccccc23)cc1. The fourth-order valence-electron chi connectivity index (χ4n) is 16.7. The van der Waals surface area contributed by atoms with Crippen LogP contribution >= 0.6 is 0 Å².